The van der Waals surface area contributed by atoms with Gasteiger partial charge in [0, 0.05) is 17.4 Å². The lowest BCUT2D eigenvalue weighted by Gasteiger charge is -2.09. The third-order valence-corrected chi connectivity index (χ3v) is 3.76. The number of unbranched alkanes of at least 4 members (excludes halogenated alkanes) is 3. The van der Waals surface area contributed by atoms with Crippen molar-refractivity contribution in [3.8, 4) is 0 Å². The molecule has 0 aliphatic rings. The zero-order valence-corrected chi connectivity index (χ0v) is 12.8. The Kier molecular flexibility index (Phi) is 7.02. The van der Waals surface area contributed by atoms with Crippen molar-refractivity contribution in [2.24, 2.45) is 0 Å². The van der Waals surface area contributed by atoms with Crippen molar-refractivity contribution in [1.82, 2.24) is 5.32 Å². The van der Waals surface area contributed by atoms with Crippen LogP contribution in [0.1, 0.15) is 47.2 Å². The molecule has 3 heteroatoms. The van der Waals surface area contributed by atoms with Crippen LogP contribution in [0.5, 0.6) is 0 Å². The van der Waals surface area contributed by atoms with Crippen molar-refractivity contribution in [3.63, 3.8) is 0 Å². The molecule has 0 radical (unpaired) electrons. The molecule has 0 heterocycles. The summed E-state index contributed by atoms with van der Waals surface area (Å²) in [6.45, 7) is 4.81. The van der Waals surface area contributed by atoms with E-state index in [1.54, 1.807) is 0 Å². The number of amides is 1. The van der Waals surface area contributed by atoms with Gasteiger partial charge in [-0.1, -0.05) is 40.9 Å². The molecule has 2 nitrogen and oxygen atoms in total. The topological polar surface area (TPSA) is 29.1 Å². The first kappa shape index (κ1) is 15.2. The normalized spacial score (nSPS) is 10.4. The van der Waals surface area contributed by atoms with Crippen LogP contribution in [0.2, 0.25) is 0 Å². The fourth-order valence-electron chi connectivity index (χ4n) is 1.87. The molecule has 18 heavy (non-hydrogen) atoms. The minimum absolute atomic E-state index is 0.0525. The average molecular weight is 312 g/mol. The van der Waals surface area contributed by atoms with E-state index in [4.69, 9.17) is 0 Å². The van der Waals surface area contributed by atoms with Gasteiger partial charge in [0.25, 0.3) is 5.91 Å². The van der Waals surface area contributed by atoms with E-state index in [1.165, 1.54) is 24.8 Å². The first-order valence-electron chi connectivity index (χ1n) is 6.57. The molecule has 1 aromatic carbocycles. The molecule has 0 atom stereocenters. The van der Waals surface area contributed by atoms with Crippen LogP contribution in [0.4, 0.5) is 0 Å². The zero-order valence-electron chi connectivity index (χ0n) is 11.3. The van der Waals surface area contributed by atoms with Crippen LogP contribution in [-0.4, -0.2) is 17.8 Å². The monoisotopic (exact) mass is 311 g/mol. The lowest BCUT2D eigenvalue weighted by atomic mass is 10.0. The molecule has 0 unspecified atom stereocenters. The molecule has 0 aliphatic heterocycles. The van der Waals surface area contributed by atoms with Gasteiger partial charge in [-0.15, -0.1) is 0 Å². The van der Waals surface area contributed by atoms with E-state index in [0.29, 0.717) is 0 Å². The number of nitrogens with one attached hydrogen (secondary N) is 1. The second kappa shape index (κ2) is 8.30. The van der Waals surface area contributed by atoms with Gasteiger partial charge in [-0.3, -0.25) is 4.79 Å². The summed E-state index contributed by atoms with van der Waals surface area (Å²) in [5.41, 5.74) is 3.05. The highest BCUT2D eigenvalue weighted by molar-refractivity contribution is 9.09. The molecular formula is C15H22BrNO. The molecule has 0 saturated carbocycles. The number of halogens is 1. The first-order chi connectivity index (χ1) is 8.66. The number of alkyl halides is 1. The Morgan fingerprint density at radius 1 is 1.17 bits per heavy atom. The maximum absolute atomic E-state index is 12.0. The molecule has 0 spiro atoms. The van der Waals surface area contributed by atoms with E-state index in [1.807, 2.05) is 32.0 Å². The van der Waals surface area contributed by atoms with Crippen molar-refractivity contribution in [2.45, 2.75) is 39.5 Å². The molecule has 1 N–H and O–H groups in total. The van der Waals surface area contributed by atoms with Crippen molar-refractivity contribution in [2.75, 3.05) is 11.9 Å². The maximum Gasteiger partial charge on any atom is 0.251 e. The van der Waals surface area contributed by atoms with Gasteiger partial charge < -0.3 is 5.32 Å². The van der Waals surface area contributed by atoms with Gasteiger partial charge in [-0.05, 0) is 43.9 Å². The van der Waals surface area contributed by atoms with Gasteiger partial charge in [0.1, 0.15) is 0 Å². The van der Waals surface area contributed by atoms with Gasteiger partial charge in [-0.25, -0.2) is 0 Å². The molecule has 0 saturated heterocycles. The highest BCUT2D eigenvalue weighted by Gasteiger charge is 2.08. The predicted molar refractivity (Wildman–Crippen MR) is 80.5 cm³/mol. The van der Waals surface area contributed by atoms with Crippen LogP contribution in [0, 0.1) is 13.8 Å². The fourth-order valence-corrected chi connectivity index (χ4v) is 2.26. The molecule has 100 valence electrons. The van der Waals surface area contributed by atoms with E-state index in [2.05, 4.69) is 21.2 Å². The first-order valence-corrected chi connectivity index (χ1v) is 7.69. The third kappa shape index (κ3) is 4.81. The summed E-state index contributed by atoms with van der Waals surface area (Å²) in [5.74, 6) is 0.0525. The van der Waals surface area contributed by atoms with Crippen LogP contribution in [-0.2, 0) is 0 Å². The number of carbonyl (C=O) groups is 1. The summed E-state index contributed by atoms with van der Waals surface area (Å²) < 4.78 is 0. The second-order valence-corrected chi connectivity index (χ2v) is 5.40. The van der Waals surface area contributed by atoms with Crippen molar-refractivity contribution < 1.29 is 4.79 Å². The van der Waals surface area contributed by atoms with Gasteiger partial charge in [-0.2, -0.15) is 0 Å². The molecule has 0 aromatic heterocycles. The van der Waals surface area contributed by atoms with E-state index < -0.39 is 0 Å². The molecule has 1 rings (SSSR count). The van der Waals surface area contributed by atoms with Gasteiger partial charge in [0.15, 0.2) is 0 Å². The number of carbonyl (C=O) groups excluding carboxylic acids is 1. The van der Waals surface area contributed by atoms with E-state index in [9.17, 15) is 4.79 Å². The minimum atomic E-state index is 0.0525. The Hall–Kier alpha value is -0.830. The largest absolute Gasteiger partial charge is 0.352 e. The Balaban J connectivity index is 2.35. The second-order valence-electron chi connectivity index (χ2n) is 4.61. The number of hydrogen-bond donors (Lipinski definition) is 1. The Labute approximate surface area is 118 Å². The van der Waals surface area contributed by atoms with Gasteiger partial charge >= 0.3 is 0 Å². The SMILES string of the molecule is Cc1cccc(C(=O)NCCCCCCBr)c1C. The van der Waals surface area contributed by atoms with E-state index in [0.717, 1.165) is 29.4 Å². The summed E-state index contributed by atoms with van der Waals surface area (Å²) in [4.78, 5) is 12.0. The third-order valence-electron chi connectivity index (χ3n) is 3.20. The molecule has 1 aromatic rings. The Morgan fingerprint density at radius 3 is 2.61 bits per heavy atom. The van der Waals surface area contributed by atoms with E-state index in [-0.39, 0.29) is 5.91 Å². The van der Waals surface area contributed by atoms with Crippen LogP contribution in [0.25, 0.3) is 0 Å². The average Bonchev–Trinajstić information content (AvgIpc) is 2.36. The smallest absolute Gasteiger partial charge is 0.251 e. The molecule has 0 fully saturated rings. The summed E-state index contributed by atoms with van der Waals surface area (Å²) in [6, 6.07) is 5.86. The summed E-state index contributed by atoms with van der Waals surface area (Å²) in [6.07, 6.45) is 4.68. The van der Waals surface area contributed by atoms with Crippen molar-refractivity contribution in [3.05, 3.63) is 34.9 Å². The van der Waals surface area contributed by atoms with Crippen LogP contribution in [0.15, 0.2) is 18.2 Å². The van der Waals surface area contributed by atoms with Crippen LogP contribution < -0.4 is 5.32 Å². The molecule has 1 amide bonds. The number of aryl methyl sites for hydroxylation is 1. The van der Waals surface area contributed by atoms with Crippen LogP contribution in [0.3, 0.4) is 0 Å². The zero-order chi connectivity index (χ0) is 13.4. The fraction of sp³-hybridized carbons (Fsp3) is 0.533. The minimum Gasteiger partial charge on any atom is -0.352 e. The number of benzene rings is 1. The number of rotatable bonds is 7. The van der Waals surface area contributed by atoms with Crippen molar-refractivity contribution >= 4 is 21.8 Å². The Morgan fingerprint density at radius 2 is 1.89 bits per heavy atom. The summed E-state index contributed by atoms with van der Waals surface area (Å²) >= 11 is 3.42. The predicted octanol–water partition coefficient (Wildman–Crippen LogP) is 3.99. The van der Waals surface area contributed by atoms with Gasteiger partial charge in [0.2, 0.25) is 0 Å². The quantitative estimate of drug-likeness (QED) is 0.598. The summed E-state index contributed by atoms with van der Waals surface area (Å²) in [5, 5.41) is 4.06. The lowest BCUT2D eigenvalue weighted by molar-refractivity contribution is 0.0952. The number of hydrogen-bond acceptors (Lipinski definition) is 1. The van der Waals surface area contributed by atoms with Crippen LogP contribution >= 0.6 is 15.9 Å². The molecule has 0 aliphatic carbocycles. The lowest BCUT2D eigenvalue weighted by Crippen LogP contribution is -2.25. The molecular weight excluding hydrogens is 290 g/mol. The summed E-state index contributed by atoms with van der Waals surface area (Å²) in [7, 11) is 0. The van der Waals surface area contributed by atoms with E-state index >= 15 is 0 Å². The maximum atomic E-state index is 12.0. The Bertz CT molecular complexity index is 390. The molecule has 0 bridgehead atoms. The highest BCUT2D eigenvalue weighted by Crippen LogP contribution is 2.12. The highest BCUT2D eigenvalue weighted by atomic mass is 79.9. The van der Waals surface area contributed by atoms with Crippen molar-refractivity contribution in [1.29, 1.82) is 0 Å². The van der Waals surface area contributed by atoms with Gasteiger partial charge in [0.05, 0.1) is 0 Å². The standard InChI is InChI=1S/C15H22BrNO/c1-12-8-7-9-14(13(12)2)15(18)17-11-6-4-3-5-10-16/h7-9H,3-6,10-11H2,1-2H3,(H,17,18).